The second-order valence-electron chi connectivity index (χ2n) is 4.47. The summed E-state index contributed by atoms with van der Waals surface area (Å²) in [5, 5.41) is 3.15. The van der Waals surface area contributed by atoms with Crippen molar-refractivity contribution in [3.8, 4) is 11.6 Å². The van der Waals surface area contributed by atoms with Gasteiger partial charge in [-0.1, -0.05) is 6.92 Å². The van der Waals surface area contributed by atoms with Crippen LogP contribution < -0.4 is 10.1 Å². The van der Waals surface area contributed by atoms with Gasteiger partial charge < -0.3 is 10.1 Å². The molecule has 1 N–H and O–H groups in total. The van der Waals surface area contributed by atoms with Crippen LogP contribution in [0.4, 0.5) is 10.2 Å². The van der Waals surface area contributed by atoms with E-state index in [0.29, 0.717) is 16.1 Å². The number of rotatable bonds is 6. The third-order valence-electron chi connectivity index (χ3n) is 2.69. The number of aromatic nitrogens is 2. The van der Waals surface area contributed by atoms with E-state index in [4.69, 9.17) is 4.74 Å². The van der Waals surface area contributed by atoms with E-state index < -0.39 is 0 Å². The van der Waals surface area contributed by atoms with Crippen molar-refractivity contribution in [2.75, 3.05) is 11.9 Å². The standard InChI is InChI=1S/C15H17BrFN3O/c1-3-5-13-19-14(18-4-2)9-15(20-13)21-10-6-7-12(17)11(16)8-10/h6-9H,3-5H2,1-2H3,(H,18,19,20). The Hall–Kier alpha value is -1.69. The molecule has 2 rings (SSSR count). The van der Waals surface area contributed by atoms with Crippen LogP contribution >= 0.6 is 15.9 Å². The van der Waals surface area contributed by atoms with Gasteiger partial charge in [-0.15, -0.1) is 0 Å². The van der Waals surface area contributed by atoms with Crippen molar-refractivity contribution in [3.63, 3.8) is 0 Å². The summed E-state index contributed by atoms with van der Waals surface area (Å²) in [5.74, 6) is 2.10. The molecule has 1 heterocycles. The van der Waals surface area contributed by atoms with Crippen LogP contribution in [0.25, 0.3) is 0 Å². The number of benzene rings is 1. The average Bonchev–Trinajstić information content (AvgIpc) is 2.43. The van der Waals surface area contributed by atoms with Crippen LogP contribution in [0, 0.1) is 5.82 Å². The SMILES string of the molecule is CCCc1nc(NCC)cc(Oc2ccc(F)c(Br)c2)n1. The number of aryl methyl sites for hydroxylation is 1. The summed E-state index contributed by atoms with van der Waals surface area (Å²) in [6, 6.07) is 6.22. The molecule has 21 heavy (non-hydrogen) atoms. The minimum absolute atomic E-state index is 0.329. The lowest BCUT2D eigenvalue weighted by Crippen LogP contribution is -2.04. The number of hydrogen-bond donors (Lipinski definition) is 1. The second kappa shape index (κ2) is 7.36. The molecular weight excluding hydrogens is 337 g/mol. The minimum Gasteiger partial charge on any atom is -0.439 e. The number of nitrogens with zero attached hydrogens (tertiary/aromatic N) is 2. The van der Waals surface area contributed by atoms with Crippen molar-refractivity contribution in [3.05, 3.63) is 40.4 Å². The van der Waals surface area contributed by atoms with Crippen LogP contribution in [0.3, 0.4) is 0 Å². The van der Waals surface area contributed by atoms with E-state index in [0.717, 1.165) is 31.0 Å². The highest BCUT2D eigenvalue weighted by atomic mass is 79.9. The Morgan fingerprint density at radius 2 is 2.05 bits per heavy atom. The molecule has 1 aromatic carbocycles. The first kappa shape index (κ1) is 15.7. The van der Waals surface area contributed by atoms with Crippen molar-refractivity contribution >= 4 is 21.7 Å². The van der Waals surface area contributed by atoms with Crippen LogP contribution in [0.2, 0.25) is 0 Å². The fraction of sp³-hybridized carbons (Fsp3) is 0.333. The number of halogens is 2. The molecule has 0 unspecified atom stereocenters. The van der Waals surface area contributed by atoms with Crippen LogP contribution in [0.1, 0.15) is 26.1 Å². The van der Waals surface area contributed by atoms with E-state index in [-0.39, 0.29) is 5.82 Å². The van der Waals surface area contributed by atoms with Gasteiger partial charge in [-0.25, -0.2) is 9.37 Å². The highest BCUT2D eigenvalue weighted by molar-refractivity contribution is 9.10. The van der Waals surface area contributed by atoms with Crippen LogP contribution in [-0.4, -0.2) is 16.5 Å². The van der Waals surface area contributed by atoms with E-state index in [1.165, 1.54) is 6.07 Å². The quantitative estimate of drug-likeness (QED) is 0.827. The number of hydrogen-bond acceptors (Lipinski definition) is 4. The summed E-state index contributed by atoms with van der Waals surface area (Å²) < 4.78 is 19.3. The van der Waals surface area contributed by atoms with E-state index in [1.807, 2.05) is 6.92 Å². The van der Waals surface area contributed by atoms with E-state index in [2.05, 4.69) is 38.1 Å². The van der Waals surface area contributed by atoms with Crippen LogP contribution in [0.15, 0.2) is 28.7 Å². The summed E-state index contributed by atoms with van der Waals surface area (Å²) in [6.07, 6.45) is 1.74. The van der Waals surface area contributed by atoms with Gasteiger partial charge in [-0.3, -0.25) is 0 Å². The van der Waals surface area contributed by atoms with Crippen molar-refractivity contribution < 1.29 is 9.13 Å². The maximum Gasteiger partial charge on any atom is 0.224 e. The zero-order valence-corrected chi connectivity index (χ0v) is 13.6. The molecule has 0 bridgehead atoms. The lowest BCUT2D eigenvalue weighted by Gasteiger charge is -2.10. The fourth-order valence-corrected chi connectivity index (χ4v) is 2.15. The van der Waals surface area contributed by atoms with E-state index in [9.17, 15) is 4.39 Å². The molecule has 0 aliphatic heterocycles. The van der Waals surface area contributed by atoms with Crippen molar-refractivity contribution in [2.45, 2.75) is 26.7 Å². The Kier molecular flexibility index (Phi) is 5.50. The Morgan fingerprint density at radius 3 is 2.71 bits per heavy atom. The molecule has 112 valence electrons. The minimum atomic E-state index is -0.329. The zero-order valence-electron chi connectivity index (χ0n) is 12.0. The summed E-state index contributed by atoms with van der Waals surface area (Å²) in [6.45, 7) is 4.84. The molecule has 0 saturated heterocycles. The predicted octanol–water partition coefficient (Wildman–Crippen LogP) is 4.55. The molecule has 4 nitrogen and oxygen atoms in total. The Morgan fingerprint density at radius 1 is 1.24 bits per heavy atom. The highest BCUT2D eigenvalue weighted by Crippen LogP contribution is 2.26. The lowest BCUT2D eigenvalue weighted by molar-refractivity contribution is 0.456. The maximum atomic E-state index is 13.2. The Balaban J connectivity index is 2.26. The Bertz CT molecular complexity index is 598. The number of ether oxygens (including phenoxy) is 1. The average molecular weight is 354 g/mol. The highest BCUT2D eigenvalue weighted by Gasteiger charge is 2.07. The normalized spacial score (nSPS) is 10.5. The van der Waals surface area contributed by atoms with Crippen LogP contribution in [0.5, 0.6) is 11.6 Å². The molecule has 1 aromatic heterocycles. The number of nitrogens with one attached hydrogen (secondary N) is 1. The molecule has 0 spiro atoms. The molecule has 0 aliphatic carbocycles. The summed E-state index contributed by atoms with van der Waals surface area (Å²) in [7, 11) is 0. The predicted molar refractivity (Wildman–Crippen MR) is 84.4 cm³/mol. The smallest absolute Gasteiger partial charge is 0.224 e. The Labute approximate surface area is 131 Å². The van der Waals surface area contributed by atoms with Gasteiger partial charge in [0.05, 0.1) is 4.47 Å². The third kappa shape index (κ3) is 4.39. The zero-order chi connectivity index (χ0) is 15.2. The van der Waals surface area contributed by atoms with Gasteiger partial charge in [-0.05, 0) is 47.5 Å². The van der Waals surface area contributed by atoms with E-state index in [1.54, 1.807) is 18.2 Å². The van der Waals surface area contributed by atoms with Crippen molar-refractivity contribution in [2.24, 2.45) is 0 Å². The second-order valence-corrected chi connectivity index (χ2v) is 5.32. The first-order valence-electron chi connectivity index (χ1n) is 6.87. The molecular formula is C15H17BrFN3O. The maximum absolute atomic E-state index is 13.2. The monoisotopic (exact) mass is 353 g/mol. The number of anilines is 1. The van der Waals surface area contributed by atoms with Gasteiger partial charge in [0.15, 0.2) is 0 Å². The van der Waals surface area contributed by atoms with E-state index >= 15 is 0 Å². The van der Waals surface area contributed by atoms with Gasteiger partial charge in [0, 0.05) is 19.0 Å². The van der Waals surface area contributed by atoms with Gasteiger partial charge in [-0.2, -0.15) is 4.98 Å². The van der Waals surface area contributed by atoms with Gasteiger partial charge in [0.25, 0.3) is 0 Å². The molecule has 2 aromatic rings. The summed E-state index contributed by atoms with van der Waals surface area (Å²) in [5.41, 5.74) is 0. The summed E-state index contributed by atoms with van der Waals surface area (Å²) in [4.78, 5) is 8.79. The first-order valence-corrected chi connectivity index (χ1v) is 7.66. The topological polar surface area (TPSA) is 47.0 Å². The molecule has 0 radical (unpaired) electrons. The van der Waals surface area contributed by atoms with Gasteiger partial charge in [0.2, 0.25) is 5.88 Å². The van der Waals surface area contributed by atoms with Gasteiger partial charge in [0.1, 0.15) is 23.2 Å². The molecule has 0 atom stereocenters. The summed E-state index contributed by atoms with van der Waals surface area (Å²) >= 11 is 3.14. The molecule has 0 saturated carbocycles. The van der Waals surface area contributed by atoms with Crippen molar-refractivity contribution in [1.29, 1.82) is 0 Å². The molecule has 0 fully saturated rings. The fourth-order valence-electron chi connectivity index (χ4n) is 1.79. The largest absolute Gasteiger partial charge is 0.439 e. The first-order chi connectivity index (χ1) is 10.1. The van der Waals surface area contributed by atoms with Crippen LogP contribution in [-0.2, 0) is 6.42 Å². The molecule has 6 heteroatoms. The molecule has 0 aliphatic rings. The van der Waals surface area contributed by atoms with Crippen molar-refractivity contribution in [1.82, 2.24) is 9.97 Å². The van der Waals surface area contributed by atoms with Gasteiger partial charge >= 0.3 is 0 Å². The molecule has 0 amide bonds. The third-order valence-corrected chi connectivity index (χ3v) is 3.30. The lowest BCUT2D eigenvalue weighted by atomic mass is 10.3.